The van der Waals surface area contributed by atoms with Crippen LogP contribution in [0.1, 0.15) is 16.8 Å². The van der Waals surface area contributed by atoms with Crippen molar-refractivity contribution < 1.29 is 27.4 Å². The quantitative estimate of drug-likeness (QED) is 0.289. The predicted octanol–water partition coefficient (Wildman–Crippen LogP) is 4.99. The van der Waals surface area contributed by atoms with Crippen LogP contribution in [0, 0.1) is 13.8 Å². The van der Waals surface area contributed by atoms with Crippen molar-refractivity contribution in [1.82, 2.24) is 25.2 Å². The number of hydrogen-bond donors (Lipinski definition) is 1. The van der Waals surface area contributed by atoms with Crippen LogP contribution in [0.4, 0.5) is 18.9 Å². The molecule has 14 heteroatoms. The molecule has 2 aromatic carbocycles. The summed E-state index contributed by atoms with van der Waals surface area (Å²) in [5.74, 6) is 0.834. The van der Waals surface area contributed by atoms with Crippen molar-refractivity contribution in [2.75, 3.05) is 17.8 Å². The molecule has 2 aromatic heterocycles. The molecule has 5 rings (SSSR count). The number of methoxy groups -OCH3 is 1. The van der Waals surface area contributed by atoms with Crippen molar-refractivity contribution in [3.8, 4) is 28.7 Å². The number of anilines is 1. The molecule has 41 heavy (non-hydrogen) atoms. The van der Waals surface area contributed by atoms with Gasteiger partial charge in [-0.1, -0.05) is 36.0 Å². The maximum absolute atomic E-state index is 12.7. The Kier molecular flexibility index (Phi) is 7.83. The van der Waals surface area contributed by atoms with Gasteiger partial charge in [0.2, 0.25) is 11.8 Å². The summed E-state index contributed by atoms with van der Waals surface area (Å²) in [4.78, 5) is 23.0. The van der Waals surface area contributed by atoms with Crippen molar-refractivity contribution in [3.63, 3.8) is 0 Å². The number of ether oxygens (including phenoxy) is 2. The van der Waals surface area contributed by atoms with Gasteiger partial charge in [-0.15, -0.1) is 18.3 Å². The van der Waals surface area contributed by atoms with Gasteiger partial charge in [0, 0.05) is 11.6 Å². The average Bonchev–Trinajstić information content (AvgIpc) is 3.56. The van der Waals surface area contributed by atoms with Crippen molar-refractivity contribution in [2.24, 2.45) is 5.10 Å². The van der Waals surface area contributed by atoms with Gasteiger partial charge in [0.05, 0.1) is 36.5 Å². The van der Waals surface area contributed by atoms with Crippen LogP contribution >= 0.6 is 11.8 Å². The molecule has 1 amide bonds. The summed E-state index contributed by atoms with van der Waals surface area (Å²) in [6.45, 7) is 4.14. The van der Waals surface area contributed by atoms with Crippen molar-refractivity contribution in [2.45, 2.75) is 26.8 Å². The molecule has 212 valence electrons. The van der Waals surface area contributed by atoms with E-state index in [1.54, 1.807) is 18.1 Å². The Morgan fingerprint density at radius 2 is 1.83 bits per heavy atom. The number of aromatic nitrogens is 4. The number of pyridine rings is 1. The first-order chi connectivity index (χ1) is 19.6. The summed E-state index contributed by atoms with van der Waals surface area (Å²) in [5.41, 5.74) is 7.50. The molecule has 0 atom stereocenters. The molecule has 0 saturated carbocycles. The number of rotatable bonds is 8. The Labute approximate surface area is 237 Å². The van der Waals surface area contributed by atoms with Gasteiger partial charge in [-0.25, -0.2) is 14.6 Å². The molecule has 0 bridgehead atoms. The lowest BCUT2D eigenvalue weighted by Crippen LogP contribution is -2.32. The smallest absolute Gasteiger partial charge is 0.481 e. The third-order valence-electron chi connectivity index (χ3n) is 6.03. The van der Waals surface area contributed by atoms with Crippen LogP contribution in [-0.4, -0.2) is 50.0 Å². The predicted molar refractivity (Wildman–Crippen MR) is 148 cm³/mol. The number of carbonyl (C=O) groups is 1. The number of amides is 1. The molecule has 10 nitrogen and oxygen atoms in total. The van der Waals surface area contributed by atoms with Crippen LogP contribution in [0.25, 0.3) is 17.1 Å². The summed E-state index contributed by atoms with van der Waals surface area (Å²) >= 11 is 1.35. The van der Waals surface area contributed by atoms with E-state index < -0.39 is 6.36 Å². The van der Waals surface area contributed by atoms with E-state index in [9.17, 15) is 18.0 Å². The summed E-state index contributed by atoms with van der Waals surface area (Å²) < 4.78 is 47.7. The van der Waals surface area contributed by atoms with E-state index in [1.165, 1.54) is 47.0 Å². The standard InChI is InChI=1S/C27H24F3N7O3S/c1-16-12-22(39-3)33-17(2)24(16)37-23(38)14-41-26(37)34-32-13-18-4-6-19(7-5-18)25-31-15-36(35-25)20-8-10-21(11-9-20)40-27(28,29)30/h4-12,15,32H,13-14H2,1-3H3/b34-26+. The highest BCUT2D eigenvalue weighted by atomic mass is 32.2. The molecular weight excluding hydrogens is 559 g/mol. The summed E-state index contributed by atoms with van der Waals surface area (Å²) in [5, 5.41) is 9.43. The van der Waals surface area contributed by atoms with E-state index in [-0.39, 0.29) is 17.4 Å². The second kappa shape index (κ2) is 11.5. The zero-order valence-electron chi connectivity index (χ0n) is 22.1. The van der Waals surface area contributed by atoms with E-state index in [4.69, 9.17) is 4.74 Å². The minimum absolute atomic E-state index is 0.0735. The highest BCUT2D eigenvalue weighted by Crippen LogP contribution is 2.33. The molecule has 0 spiro atoms. The average molecular weight is 584 g/mol. The highest BCUT2D eigenvalue weighted by molar-refractivity contribution is 8.15. The van der Waals surface area contributed by atoms with E-state index >= 15 is 0 Å². The monoisotopic (exact) mass is 583 g/mol. The van der Waals surface area contributed by atoms with E-state index in [0.717, 1.165) is 16.7 Å². The number of aryl methyl sites for hydroxylation is 2. The van der Waals surface area contributed by atoms with Crippen LogP contribution in [0.3, 0.4) is 0 Å². The number of thioether (sulfide) groups is 1. The lowest BCUT2D eigenvalue weighted by molar-refractivity contribution is -0.274. The number of nitrogens with zero attached hydrogens (tertiary/aromatic N) is 6. The number of halogens is 3. The summed E-state index contributed by atoms with van der Waals surface area (Å²) in [7, 11) is 1.55. The van der Waals surface area contributed by atoms with Gasteiger partial charge < -0.3 is 14.9 Å². The molecule has 1 aliphatic heterocycles. The first-order valence-corrected chi connectivity index (χ1v) is 13.3. The SMILES string of the molecule is COc1cc(C)c(N2C(=O)CS/C2=N/NCc2ccc(-c3ncn(-c4ccc(OC(F)(F)F)cc4)n3)cc2)c(C)n1. The molecule has 1 aliphatic rings. The highest BCUT2D eigenvalue weighted by Gasteiger charge is 2.33. The molecule has 0 aliphatic carbocycles. The number of amidine groups is 1. The maximum atomic E-state index is 12.7. The van der Waals surface area contributed by atoms with Gasteiger partial charge in [0.15, 0.2) is 11.0 Å². The van der Waals surface area contributed by atoms with Gasteiger partial charge in [-0.05, 0) is 49.2 Å². The van der Waals surface area contributed by atoms with Gasteiger partial charge in [0.1, 0.15) is 12.1 Å². The third kappa shape index (κ3) is 6.43. The fraction of sp³-hybridized carbons (Fsp3) is 0.222. The van der Waals surface area contributed by atoms with Gasteiger partial charge in [-0.3, -0.25) is 9.69 Å². The van der Waals surface area contributed by atoms with Crippen molar-refractivity contribution in [3.05, 3.63) is 77.7 Å². The molecular formula is C27H24F3N7O3S. The molecule has 3 heterocycles. The Morgan fingerprint density at radius 1 is 1.10 bits per heavy atom. The normalized spacial score (nSPS) is 14.5. The molecule has 0 radical (unpaired) electrons. The molecule has 1 fully saturated rings. The van der Waals surface area contributed by atoms with Gasteiger partial charge in [0.25, 0.3) is 0 Å². The van der Waals surface area contributed by atoms with Crippen LogP contribution in [-0.2, 0) is 11.3 Å². The van der Waals surface area contributed by atoms with Crippen molar-refractivity contribution >= 4 is 28.5 Å². The van der Waals surface area contributed by atoms with E-state index in [2.05, 4.69) is 30.3 Å². The van der Waals surface area contributed by atoms with Gasteiger partial charge >= 0.3 is 6.36 Å². The number of nitrogens with one attached hydrogen (secondary N) is 1. The van der Waals surface area contributed by atoms with Crippen LogP contribution in [0.5, 0.6) is 11.6 Å². The lowest BCUT2D eigenvalue weighted by Gasteiger charge is -2.20. The Morgan fingerprint density at radius 3 is 2.49 bits per heavy atom. The Hall–Kier alpha value is -4.59. The number of carbonyl (C=O) groups excluding carboxylic acids is 1. The Bertz CT molecular complexity index is 1570. The fourth-order valence-corrected chi connectivity index (χ4v) is 5.02. The molecule has 1 N–H and O–H groups in total. The third-order valence-corrected chi connectivity index (χ3v) is 6.95. The number of benzene rings is 2. The summed E-state index contributed by atoms with van der Waals surface area (Å²) in [6.07, 6.45) is -3.27. The zero-order chi connectivity index (χ0) is 29.1. The molecule has 4 aromatic rings. The fourth-order valence-electron chi connectivity index (χ4n) is 4.19. The molecule has 0 unspecified atom stereocenters. The van der Waals surface area contributed by atoms with Crippen molar-refractivity contribution in [1.29, 1.82) is 0 Å². The second-order valence-electron chi connectivity index (χ2n) is 8.91. The zero-order valence-corrected chi connectivity index (χ0v) is 23.0. The second-order valence-corrected chi connectivity index (χ2v) is 9.86. The number of hydrogen-bond acceptors (Lipinski definition) is 9. The Balaban J connectivity index is 1.23. The topological polar surface area (TPSA) is 107 Å². The lowest BCUT2D eigenvalue weighted by atomic mass is 10.1. The van der Waals surface area contributed by atoms with Crippen LogP contribution < -0.4 is 19.8 Å². The molecule has 1 saturated heterocycles. The van der Waals surface area contributed by atoms with E-state index in [0.29, 0.717) is 40.5 Å². The first kappa shape index (κ1) is 28.0. The number of alkyl halides is 3. The minimum Gasteiger partial charge on any atom is -0.481 e. The largest absolute Gasteiger partial charge is 0.573 e. The minimum atomic E-state index is -4.75. The van der Waals surface area contributed by atoms with E-state index in [1.807, 2.05) is 38.1 Å². The first-order valence-electron chi connectivity index (χ1n) is 12.3. The van der Waals surface area contributed by atoms with Gasteiger partial charge in [-0.2, -0.15) is 5.10 Å². The van der Waals surface area contributed by atoms with Crippen LogP contribution in [0.2, 0.25) is 0 Å². The maximum Gasteiger partial charge on any atom is 0.573 e. The van der Waals surface area contributed by atoms with Crippen LogP contribution in [0.15, 0.2) is 66.0 Å². The number of hydrazone groups is 1. The summed E-state index contributed by atoms with van der Waals surface area (Å²) in [6, 6.07) is 14.7.